The molecular formula is C17H25N5O. The van der Waals surface area contributed by atoms with Crippen LogP contribution in [0, 0.1) is 0 Å². The van der Waals surface area contributed by atoms with Gasteiger partial charge in [0, 0.05) is 25.2 Å². The van der Waals surface area contributed by atoms with E-state index in [9.17, 15) is 4.79 Å². The predicted octanol–water partition coefficient (Wildman–Crippen LogP) is 2.12. The van der Waals surface area contributed by atoms with Crippen LogP contribution in [-0.2, 0) is 0 Å². The minimum atomic E-state index is -0.195. The van der Waals surface area contributed by atoms with Gasteiger partial charge in [-0.3, -0.25) is 9.69 Å². The van der Waals surface area contributed by atoms with Crippen molar-refractivity contribution in [1.82, 2.24) is 25.2 Å². The van der Waals surface area contributed by atoms with Gasteiger partial charge in [0.2, 0.25) is 0 Å². The predicted molar refractivity (Wildman–Crippen MR) is 90.7 cm³/mol. The molecule has 1 amide bonds. The number of para-hydroxylation sites is 1. The first-order chi connectivity index (χ1) is 11.0. The maximum absolute atomic E-state index is 12.2. The number of benzene rings is 1. The van der Waals surface area contributed by atoms with E-state index in [1.807, 2.05) is 30.3 Å². The third kappa shape index (κ3) is 4.63. The largest absolute Gasteiger partial charge is 0.349 e. The molecule has 23 heavy (non-hydrogen) atoms. The first kappa shape index (κ1) is 17.1. The van der Waals surface area contributed by atoms with E-state index in [1.165, 1.54) is 0 Å². The maximum atomic E-state index is 12.2. The van der Waals surface area contributed by atoms with Gasteiger partial charge in [-0.1, -0.05) is 23.4 Å². The number of carbonyl (C=O) groups is 1. The maximum Gasteiger partial charge on any atom is 0.273 e. The van der Waals surface area contributed by atoms with Crippen molar-refractivity contribution in [1.29, 1.82) is 0 Å². The van der Waals surface area contributed by atoms with Crippen molar-refractivity contribution in [2.45, 2.75) is 39.8 Å². The van der Waals surface area contributed by atoms with E-state index in [2.05, 4.69) is 48.2 Å². The highest BCUT2D eigenvalue weighted by molar-refractivity contribution is 5.91. The summed E-state index contributed by atoms with van der Waals surface area (Å²) in [5.41, 5.74) is 1.21. The molecule has 0 atom stereocenters. The molecule has 0 saturated heterocycles. The molecule has 6 nitrogen and oxygen atoms in total. The summed E-state index contributed by atoms with van der Waals surface area (Å²) in [5.74, 6) is -0.195. The number of nitrogens with zero attached hydrogens (tertiary/aromatic N) is 4. The SMILES string of the molecule is CC(C)N(CCNC(=O)c1cn(-c2ccccc2)nn1)C(C)C. The summed E-state index contributed by atoms with van der Waals surface area (Å²) in [6, 6.07) is 10.5. The molecule has 0 radical (unpaired) electrons. The zero-order chi connectivity index (χ0) is 16.8. The third-order valence-corrected chi connectivity index (χ3v) is 3.73. The second kappa shape index (κ2) is 7.87. The first-order valence-corrected chi connectivity index (χ1v) is 8.00. The standard InChI is InChI=1S/C17H25N5O/c1-13(2)21(14(3)4)11-10-18-17(23)16-12-22(20-19-16)15-8-6-5-7-9-15/h5-9,12-14H,10-11H2,1-4H3,(H,18,23). The Labute approximate surface area is 137 Å². The van der Waals surface area contributed by atoms with Gasteiger partial charge in [0.25, 0.3) is 5.91 Å². The van der Waals surface area contributed by atoms with Crippen LogP contribution in [0.25, 0.3) is 5.69 Å². The second-order valence-corrected chi connectivity index (χ2v) is 6.07. The van der Waals surface area contributed by atoms with E-state index in [4.69, 9.17) is 0 Å². The van der Waals surface area contributed by atoms with Crippen LogP contribution >= 0.6 is 0 Å². The number of rotatable bonds is 7. The van der Waals surface area contributed by atoms with Crippen molar-refractivity contribution in [3.63, 3.8) is 0 Å². The number of hydrogen-bond acceptors (Lipinski definition) is 4. The van der Waals surface area contributed by atoms with Crippen molar-refractivity contribution in [2.24, 2.45) is 0 Å². The Hall–Kier alpha value is -2.21. The van der Waals surface area contributed by atoms with E-state index in [0.717, 1.165) is 12.2 Å². The Kier molecular flexibility index (Phi) is 5.87. The lowest BCUT2D eigenvalue weighted by Crippen LogP contribution is -2.42. The van der Waals surface area contributed by atoms with Gasteiger partial charge in [-0.2, -0.15) is 0 Å². The highest BCUT2D eigenvalue weighted by Crippen LogP contribution is 2.06. The lowest BCUT2D eigenvalue weighted by atomic mass is 10.2. The minimum absolute atomic E-state index is 0.195. The van der Waals surface area contributed by atoms with Gasteiger partial charge in [-0.05, 0) is 39.8 Å². The molecule has 0 fully saturated rings. The molecule has 6 heteroatoms. The van der Waals surface area contributed by atoms with Gasteiger partial charge >= 0.3 is 0 Å². The molecule has 0 aliphatic heterocycles. The van der Waals surface area contributed by atoms with Crippen molar-refractivity contribution >= 4 is 5.91 Å². The topological polar surface area (TPSA) is 63.1 Å². The fourth-order valence-electron chi connectivity index (χ4n) is 2.58. The molecule has 0 unspecified atom stereocenters. The minimum Gasteiger partial charge on any atom is -0.349 e. The molecule has 2 aromatic rings. The molecule has 0 spiro atoms. The van der Waals surface area contributed by atoms with Crippen molar-refractivity contribution < 1.29 is 4.79 Å². The van der Waals surface area contributed by atoms with E-state index < -0.39 is 0 Å². The average Bonchev–Trinajstić information content (AvgIpc) is 3.01. The molecule has 0 bridgehead atoms. The Morgan fingerprint density at radius 1 is 1.17 bits per heavy atom. The van der Waals surface area contributed by atoms with Crippen LogP contribution in [0.5, 0.6) is 0 Å². The Balaban J connectivity index is 1.91. The van der Waals surface area contributed by atoms with Gasteiger partial charge in [0.15, 0.2) is 5.69 Å². The van der Waals surface area contributed by atoms with Crippen molar-refractivity contribution in [3.05, 3.63) is 42.2 Å². The zero-order valence-corrected chi connectivity index (χ0v) is 14.2. The third-order valence-electron chi connectivity index (χ3n) is 3.73. The van der Waals surface area contributed by atoms with Crippen LogP contribution in [0.4, 0.5) is 0 Å². The van der Waals surface area contributed by atoms with Crippen LogP contribution in [0.1, 0.15) is 38.2 Å². The van der Waals surface area contributed by atoms with Gasteiger partial charge in [0.1, 0.15) is 0 Å². The summed E-state index contributed by atoms with van der Waals surface area (Å²) in [7, 11) is 0. The summed E-state index contributed by atoms with van der Waals surface area (Å²) in [5, 5.41) is 10.9. The molecule has 0 aliphatic rings. The molecule has 1 aromatic heterocycles. The zero-order valence-electron chi connectivity index (χ0n) is 14.2. The van der Waals surface area contributed by atoms with E-state index >= 15 is 0 Å². The number of aromatic nitrogens is 3. The highest BCUT2D eigenvalue weighted by Gasteiger charge is 2.15. The van der Waals surface area contributed by atoms with E-state index in [1.54, 1.807) is 10.9 Å². The highest BCUT2D eigenvalue weighted by atomic mass is 16.2. The second-order valence-electron chi connectivity index (χ2n) is 6.07. The molecular weight excluding hydrogens is 290 g/mol. The Morgan fingerprint density at radius 3 is 2.43 bits per heavy atom. The van der Waals surface area contributed by atoms with Gasteiger partial charge in [0.05, 0.1) is 11.9 Å². The number of carbonyl (C=O) groups excluding carboxylic acids is 1. The van der Waals surface area contributed by atoms with Crippen LogP contribution in [0.3, 0.4) is 0 Å². The van der Waals surface area contributed by atoms with Crippen molar-refractivity contribution in [2.75, 3.05) is 13.1 Å². The van der Waals surface area contributed by atoms with E-state index in [0.29, 0.717) is 24.3 Å². The lowest BCUT2D eigenvalue weighted by molar-refractivity contribution is 0.0934. The number of nitrogens with one attached hydrogen (secondary N) is 1. The summed E-state index contributed by atoms with van der Waals surface area (Å²) in [6.07, 6.45) is 1.65. The lowest BCUT2D eigenvalue weighted by Gasteiger charge is -2.30. The van der Waals surface area contributed by atoms with Gasteiger partial charge in [-0.15, -0.1) is 5.10 Å². The first-order valence-electron chi connectivity index (χ1n) is 8.00. The molecule has 124 valence electrons. The van der Waals surface area contributed by atoms with Crippen LogP contribution in [0.2, 0.25) is 0 Å². The Morgan fingerprint density at radius 2 is 1.83 bits per heavy atom. The summed E-state index contributed by atoms with van der Waals surface area (Å²) >= 11 is 0. The molecule has 0 aliphatic carbocycles. The molecule has 1 heterocycles. The molecule has 2 rings (SSSR count). The number of hydrogen-bond donors (Lipinski definition) is 1. The van der Waals surface area contributed by atoms with Crippen molar-refractivity contribution in [3.8, 4) is 5.69 Å². The fourth-order valence-corrected chi connectivity index (χ4v) is 2.58. The average molecular weight is 315 g/mol. The normalized spacial score (nSPS) is 11.4. The van der Waals surface area contributed by atoms with Crippen LogP contribution in [0.15, 0.2) is 36.5 Å². The van der Waals surface area contributed by atoms with Gasteiger partial charge in [-0.25, -0.2) is 4.68 Å². The quantitative estimate of drug-likeness (QED) is 0.850. The monoisotopic (exact) mass is 315 g/mol. The number of amides is 1. The summed E-state index contributed by atoms with van der Waals surface area (Å²) in [6.45, 7) is 10.0. The summed E-state index contributed by atoms with van der Waals surface area (Å²) < 4.78 is 1.60. The molecule has 0 saturated carbocycles. The molecule has 1 aromatic carbocycles. The summed E-state index contributed by atoms with van der Waals surface area (Å²) in [4.78, 5) is 14.5. The van der Waals surface area contributed by atoms with Crippen LogP contribution in [-0.4, -0.2) is 51.0 Å². The molecule has 1 N–H and O–H groups in total. The van der Waals surface area contributed by atoms with Crippen LogP contribution < -0.4 is 5.32 Å². The Bertz CT molecular complexity index is 613. The van der Waals surface area contributed by atoms with Gasteiger partial charge < -0.3 is 5.32 Å². The van der Waals surface area contributed by atoms with E-state index in [-0.39, 0.29) is 5.91 Å². The fraction of sp³-hybridized carbons (Fsp3) is 0.471. The smallest absolute Gasteiger partial charge is 0.273 e.